The van der Waals surface area contributed by atoms with E-state index in [1.54, 1.807) is 18.7 Å². The van der Waals surface area contributed by atoms with Gasteiger partial charge in [0.2, 0.25) is 5.91 Å². The lowest BCUT2D eigenvalue weighted by molar-refractivity contribution is -0.161. The largest absolute Gasteiger partial charge is 0.452 e. The topological polar surface area (TPSA) is 99.5 Å². The number of likely N-dealkylation sites (tertiary alicyclic amines) is 1. The van der Waals surface area contributed by atoms with Crippen LogP contribution < -0.4 is 5.32 Å². The molecule has 1 aliphatic rings. The highest BCUT2D eigenvalue weighted by atomic mass is 16.5. The Bertz CT molecular complexity index is 555. The number of hydrogen-bond acceptors (Lipinski definition) is 5. The van der Waals surface area contributed by atoms with E-state index in [0.717, 1.165) is 6.42 Å². The molecule has 0 aromatic rings. The third-order valence-electron chi connectivity index (χ3n) is 4.84. The molecule has 0 radical (unpaired) electrons. The van der Waals surface area contributed by atoms with Crippen LogP contribution in [0.15, 0.2) is 0 Å². The Morgan fingerprint density at radius 3 is 2.52 bits per heavy atom. The van der Waals surface area contributed by atoms with Crippen molar-refractivity contribution < 1.29 is 19.1 Å². The number of nitrogens with one attached hydrogen (secondary N) is 1. The number of hydrogen-bond donors (Lipinski definition) is 1. The van der Waals surface area contributed by atoms with Crippen LogP contribution in [-0.2, 0) is 19.1 Å². The molecule has 1 aliphatic heterocycles. The summed E-state index contributed by atoms with van der Waals surface area (Å²) < 4.78 is 5.29. The van der Waals surface area contributed by atoms with E-state index in [0.29, 0.717) is 25.9 Å². The molecule has 0 aromatic heterocycles. The molecule has 0 spiro atoms. The Balaban J connectivity index is 2.62. The van der Waals surface area contributed by atoms with E-state index in [1.165, 1.54) is 6.92 Å². The molecule has 2 amide bonds. The third-order valence-corrected chi connectivity index (χ3v) is 4.84. The number of nitriles is 1. The number of piperidine rings is 1. The van der Waals surface area contributed by atoms with Gasteiger partial charge in [0.15, 0.2) is 6.10 Å². The quantitative estimate of drug-likeness (QED) is 0.733. The summed E-state index contributed by atoms with van der Waals surface area (Å²) in [5.41, 5.74) is -1.02. The van der Waals surface area contributed by atoms with Gasteiger partial charge in [-0.2, -0.15) is 5.26 Å². The smallest absolute Gasteiger partial charge is 0.311 e. The summed E-state index contributed by atoms with van der Waals surface area (Å²) in [4.78, 5) is 38.1. The van der Waals surface area contributed by atoms with Gasteiger partial charge in [0, 0.05) is 19.5 Å². The van der Waals surface area contributed by atoms with Crippen LogP contribution in [0.1, 0.15) is 53.9 Å². The standard InChI is InChI=1S/C18H29N3O4/c1-6-15(22)21-9-7-8-14(10-21)17(24)25-13(4)16(23)20-18(5,11-19)12(2)3/h12-14H,6-10H2,1-5H3,(H,20,23). The number of carbonyl (C=O) groups is 3. The summed E-state index contributed by atoms with van der Waals surface area (Å²) >= 11 is 0. The van der Waals surface area contributed by atoms with E-state index in [-0.39, 0.29) is 11.8 Å². The van der Waals surface area contributed by atoms with Gasteiger partial charge < -0.3 is 15.0 Å². The Labute approximate surface area is 149 Å². The number of nitrogens with zero attached hydrogens (tertiary/aromatic N) is 2. The van der Waals surface area contributed by atoms with Gasteiger partial charge in [0.25, 0.3) is 5.91 Å². The second-order valence-electron chi connectivity index (χ2n) is 7.07. The van der Waals surface area contributed by atoms with Crippen molar-refractivity contribution in [3.8, 4) is 6.07 Å². The fourth-order valence-electron chi connectivity index (χ4n) is 2.60. The average Bonchev–Trinajstić information content (AvgIpc) is 2.60. The molecular formula is C18H29N3O4. The summed E-state index contributed by atoms with van der Waals surface area (Å²) in [6.07, 6.45) is 0.799. The number of esters is 1. The molecule has 0 aliphatic carbocycles. The summed E-state index contributed by atoms with van der Waals surface area (Å²) in [5.74, 6) is -1.45. The number of ether oxygens (including phenoxy) is 1. The van der Waals surface area contributed by atoms with Crippen LogP contribution in [0.25, 0.3) is 0 Å². The first-order valence-electron chi connectivity index (χ1n) is 8.86. The highest BCUT2D eigenvalue weighted by molar-refractivity contribution is 5.85. The van der Waals surface area contributed by atoms with Gasteiger partial charge in [0.05, 0.1) is 12.0 Å². The van der Waals surface area contributed by atoms with Gasteiger partial charge in [-0.1, -0.05) is 20.8 Å². The van der Waals surface area contributed by atoms with Crippen molar-refractivity contribution in [1.82, 2.24) is 10.2 Å². The number of rotatable bonds is 6. The van der Waals surface area contributed by atoms with E-state index in [1.807, 2.05) is 13.8 Å². The van der Waals surface area contributed by atoms with Gasteiger partial charge in [-0.25, -0.2) is 0 Å². The van der Waals surface area contributed by atoms with Crippen LogP contribution in [0.2, 0.25) is 0 Å². The molecule has 0 aromatic carbocycles. The highest BCUT2D eigenvalue weighted by Gasteiger charge is 2.34. The predicted molar refractivity (Wildman–Crippen MR) is 92.1 cm³/mol. The molecule has 25 heavy (non-hydrogen) atoms. The van der Waals surface area contributed by atoms with Gasteiger partial charge in [-0.3, -0.25) is 14.4 Å². The molecule has 3 atom stereocenters. The van der Waals surface area contributed by atoms with E-state index in [2.05, 4.69) is 11.4 Å². The fraction of sp³-hybridized carbons (Fsp3) is 0.778. The van der Waals surface area contributed by atoms with Gasteiger partial charge in [0.1, 0.15) is 5.54 Å². The van der Waals surface area contributed by atoms with Crippen molar-refractivity contribution in [2.24, 2.45) is 11.8 Å². The first-order valence-corrected chi connectivity index (χ1v) is 8.86. The van der Waals surface area contributed by atoms with Crippen molar-refractivity contribution >= 4 is 17.8 Å². The molecule has 7 nitrogen and oxygen atoms in total. The Morgan fingerprint density at radius 2 is 2.00 bits per heavy atom. The SMILES string of the molecule is CCC(=O)N1CCCC(C(=O)OC(C)C(=O)NC(C)(C#N)C(C)C)C1. The average molecular weight is 351 g/mol. The van der Waals surface area contributed by atoms with Gasteiger partial charge in [-0.05, 0) is 32.6 Å². The summed E-state index contributed by atoms with van der Waals surface area (Å²) in [5, 5.41) is 11.9. The minimum absolute atomic E-state index is 0.0185. The monoisotopic (exact) mass is 351 g/mol. The minimum atomic E-state index is -1.02. The number of carbonyl (C=O) groups excluding carboxylic acids is 3. The molecule has 1 fully saturated rings. The van der Waals surface area contributed by atoms with Crippen LogP contribution >= 0.6 is 0 Å². The molecule has 1 N–H and O–H groups in total. The first-order chi connectivity index (χ1) is 11.6. The lowest BCUT2D eigenvalue weighted by atomic mass is 9.90. The lowest BCUT2D eigenvalue weighted by Crippen LogP contribution is -2.52. The van der Waals surface area contributed by atoms with Gasteiger partial charge in [-0.15, -0.1) is 0 Å². The van der Waals surface area contributed by atoms with Crippen molar-refractivity contribution in [1.29, 1.82) is 5.26 Å². The maximum Gasteiger partial charge on any atom is 0.311 e. The molecular weight excluding hydrogens is 322 g/mol. The van der Waals surface area contributed by atoms with Crippen LogP contribution in [0.3, 0.4) is 0 Å². The van der Waals surface area contributed by atoms with E-state index < -0.39 is 29.4 Å². The van der Waals surface area contributed by atoms with Gasteiger partial charge >= 0.3 is 5.97 Å². The first kappa shape index (κ1) is 20.9. The van der Waals surface area contributed by atoms with E-state index in [9.17, 15) is 19.6 Å². The fourth-order valence-corrected chi connectivity index (χ4v) is 2.60. The molecule has 140 valence electrons. The maximum atomic E-state index is 12.3. The number of amides is 2. The Kier molecular flexibility index (Phi) is 7.40. The molecule has 0 bridgehead atoms. The second-order valence-corrected chi connectivity index (χ2v) is 7.07. The van der Waals surface area contributed by atoms with Crippen molar-refractivity contribution in [2.75, 3.05) is 13.1 Å². The molecule has 1 rings (SSSR count). The minimum Gasteiger partial charge on any atom is -0.452 e. The zero-order valence-electron chi connectivity index (χ0n) is 15.8. The third kappa shape index (κ3) is 5.45. The summed E-state index contributed by atoms with van der Waals surface area (Å²) in [7, 11) is 0. The van der Waals surface area contributed by atoms with Crippen LogP contribution in [0.4, 0.5) is 0 Å². The second kappa shape index (κ2) is 8.84. The van der Waals surface area contributed by atoms with E-state index >= 15 is 0 Å². The Hall–Kier alpha value is -2.10. The predicted octanol–water partition coefficient (Wildman–Crippen LogP) is 1.62. The summed E-state index contributed by atoms with van der Waals surface area (Å²) in [6.45, 7) is 9.58. The maximum absolute atomic E-state index is 12.3. The van der Waals surface area contributed by atoms with Crippen LogP contribution in [0, 0.1) is 23.2 Å². The van der Waals surface area contributed by atoms with Crippen molar-refractivity contribution in [3.63, 3.8) is 0 Å². The molecule has 3 unspecified atom stereocenters. The zero-order chi connectivity index (χ0) is 19.2. The van der Waals surface area contributed by atoms with E-state index in [4.69, 9.17) is 4.74 Å². The summed E-state index contributed by atoms with van der Waals surface area (Å²) in [6, 6.07) is 2.09. The van der Waals surface area contributed by atoms with Crippen molar-refractivity contribution in [3.05, 3.63) is 0 Å². The molecule has 7 heteroatoms. The van der Waals surface area contributed by atoms with Crippen LogP contribution in [0.5, 0.6) is 0 Å². The lowest BCUT2D eigenvalue weighted by Gasteiger charge is -2.32. The van der Waals surface area contributed by atoms with Crippen LogP contribution in [-0.4, -0.2) is 47.4 Å². The molecule has 1 saturated heterocycles. The molecule has 0 saturated carbocycles. The van der Waals surface area contributed by atoms with Crippen molar-refractivity contribution in [2.45, 2.75) is 65.5 Å². The molecule has 1 heterocycles. The highest BCUT2D eigenvalue weighted by Crippen LogP contribution is 2.20. The normalized spacial score (nSPS) is 21.0. The zero-order valence-corrected chi connectivity index (χ0v) is 15.8. The Morgan fingerprint density at radius 1 is 1.36 bits per heavy atom.